The molecule has 0 aliphatic rings. The Balaban J connectivity index is -0.000000139. The molecule has 33 heteroatoms. The van der Waals surface area contributed by atoms with Gasteiger partial charge < -0.3 is 110 Å². The van der Waals surface area contributed by atoms with E-state index < -0.39 is 55.5 Å². The average Bonchev–Trinajstić information content (AvgIpc) is 2.80. The molecule has 0 heterocycles. The molecule has 37 heavy (non-hydrogen) atoms. The van der Waals surface area contributed by atoms with Crippen LogP contribution in [0.25, 0.3) is 0 Å². The van der Waals surface area contributed by atoms with Crippen LogP contribution in [0.4, 0.5) is 0 Å². The van der Waals surface area contributed by atoms with E-state index in [-0.39, 0.29) is 17.3 Å². The van der Waals surface area contributed by atoms with Gasteiger partial charge in [0, 0.05) is 0 Å². The van der Waals surface area contributed by atoms with Crippen LogP contribution >= 0.6 is 48.9 Å². The second kappa shape index (κ2) is 36.8. The summed E-state index contributed by atoms with van der Waals surface area (Å²) in [5, 5.41) is 38.0. The minimum atomic E-state index is -2.03. The predicted molar refractivity (Wildman–Crippen MR) is 119 cm³/mol. The van der Waals surface area contributed by atoms with Crippen molar-refractivity contribution in [3.8, 4) is 0 Å². The fraction of sp³-hybridized carbons (Fsp3) is 0. The van der Waals surface area contributed by atoms with Crippen molar-refractivity contribution in [3.63, 3.8) is 0 Å². The van der Waals surface area contributed by atoms with Gasteiger partial charge in [-0.15, -0.1) is 30.6 Å². The van der Waals surface area contributed by atoms with Gasteiger partial charge >= 0.3 is 75.9 Å². The molecule has 0 fully saturated rings. The standard InChI is InChI=1S/2C2H5N4O4S4.3Mo.6O/c2*7-3-9-5(1(11)12)6(2(13)14)10-4-8;;;;;;;;;/h2*3-4,7H,(H,11,12)(H,13,14);;;;;;;;;/q2*-1;3*+2;;;;;;/p-4. The second-order valence-corrected chi connectivity index (χ2v) is 8.20. The number of thiocarbonyl (C=S) groups is 4. The predicted octanol–water partition coefficient (Wildman–Crippen LogP) is -2.86. The number of hydrogen-bond donors (Lipinski definition) is 6. The Morgan fingerprint density at radius 1 is 0.568 bits per heavy atom. The molecule has 0 aliphatic carbocycles. The Kier molecular flexibility index (Phi) is 47.4. The van der Waals surface area contributed by atoms with Gasteiger partial charge in [0.2, 0.25) is 0 Å². The summed E-state index contributed by atoms with van der Waals surface area (Å²) in [6.45, 7) is 0. The number of nitrogens with zero attached hydrogens (tertiary/aromatic N) is 4. The van der Waals surface area contributed by atoms with Gasteiger partial charge in [-0.25, -0.2) is 11.3 Å². The van der Waals surface area contributed by atoms with Gasteiger partial charge in [-0.05, 0) is 17.3 Å². The van der Waals surface area contributed by atoms with Crippen LogP contribution in [-0.2, 0) is 146 Å². The van der Waals surface area contributed by atoms with E-state index in [4.69, 9.17) is 30.8 Å². The molecule has 0 spiro atoms. The molecule has 0 atom stereocenters. The molecule has 0 radical (unpaired) electrons. The summed E-state index contributed by atoms with van der Waals surface area (Å²) in [5.74, 6) is 0. The van der Waals surface area contributed by atoms with Gasteiger partial charge in [0.25, 0.3) is 0 Å². The maximum absolute atomic E-state index is 9.91. The molecule has 0 unspecified atom stereocenters. The van der Waals surface area contributed by atoms with Crippen LogP contribution in [0, 0.1) is 10.4 Å². The molecule has 0 saturated heterocycles. The molecule has 0 aliphatic heterocycles. The zero-order valence-electron chi connectivity index (χ0n) is 16.1. The van der Waals surface area contributed by atoms with E-state index in [1.54, 1.807) is 0 Å². The summed E-state index contributed by atoms with van der Waals surface area (Å²) in [6.07, 6.45) is 0. The second-order valence-electron chi connectivity index (χ2n) is 3.07. The van der Waals surface area contributed by atoms with Gasteiger partial charge in [-0.1, -0.05) is 11.3 Å². The van der Waals surface area contributed by atoms with Crippen LogP contribution in [0.5, 0.6) is 0 Å². The van der Waals surface area contributed by atoms with Gasteiger partial charge in [0.1, 0.15) is 0 Å². The molecule has 0 rings (SSSR count). The summed E-state index contributed by atoms with van der Waals surface area (Å²) >= 11 is 29.9. The van der Waals surface area contributed by atoms with Crippen molar-refractivity contribution >= 4 is 117 Å². The summed E-state index contributed by atoms with van der Waals surface area (Å²) in [7, 11) is 0. The first-order chi connectivity index (χ1) is 17.3. The third kappa shape index (κ3) is 32.9. The van der Waals surface area contributed by atoms with E-state index in [1.807, 2.05) is 0 Å². The number of hydrogen-bond acceptors (Lipinski definition) is 26. The van der Waals surface area contributed by atoms with E-state index >= 15 is 0 Å². The zero-order valence-corrected chi connectivity index (χ0v) is 28.6. The van der Waals surface area contributed by atoms with Crippen LogP contribution in [0.3, 0.4) is 0 Å². The van der Waals surface area contributed by atoms with E-state index in [1.165, 1.54) is 11.3 Å². The number of nitrogens with one attached hydrogen (secondary N) is 4. The molecule has 0 bridgehead atoms. The van der Waals surface area contributed by atoms with Crippen LogP contribution in [-0.4, -0.2) is 48.4 Å². The van der Waals surface area contributed by atoms with Crippen molar-refractivity contribution in [3.05, 3.63) is 10.4 Å². The molecule has 0 saturated carbocycles. The molecule has 22 nitrogen and oxygen atoms in total. The maximum atomic E-state index is 9.91. The fourth-order valence-electron chi connectivity index (χ4n) is 0.742. The van der Waals surface area contributed by atoms with Crippen molar-refractivity contribution in [2.75, 3.05) is 0 Å². The van der Waals surface area contributed by atoms with E-state index in [0.717, 1.165) is 11.3 Å². The third-order valence-electron chi connectivity index (χ3n) is 1.46. The Hall–Kier alpha value is 0.825. The first-order valence-corrected chi connectivity index (χ1v) is 14.5. The van der Waals surface area contributed by atoms with E-state index in [0.29, 0.717) is 20.7 Å². The third-order valence-corrected chi connectivity index (χ3v) is 2.71. The van der Waals surface area contributed by atoms with Gasteiger partial charge in [-0.2, -0.15) is 9.88 Å². The van der Waals surface area contributed by atoms with Gasteiger partial charge in [-0.3, -0.25) is 10.4 Å². The zero-order chi connectivity index (χ0) is 30.4. The molecule has 0 aromatic rings. The van der Waals surface area contributed by atoms with Crippen molar-refractivity contribution in [2.45, 2.75) is 0 Å². The minimum absolute atomic E-state index is 0.339. The van der Waals surface area contributed by atoms with E-state index in [9.17, 15) is 10.4 Å². The van der Waals surface area contributed by atoms with Crippen molar-refractivity contribution in [2.24, 2.45) is 0 Å². The molecule has 0 amide bonds. The Bertz CT molecular complexity index is 654. The molecule has 0 aromatic heterocycles. The molecular weight excluding hydrogens is 928 g/mol. The van der Waals surface area contributed by atoms with E-state index in [2.05, 4.69) is 119 Å². The molecular formula is C4H6Mo3N8O14S8. The average molecular weight is 934 g/mol. The fourth-order valence-corrected chi connectivity index (χ4v) is 1.63. The summed E-state index contributed by atoms with van der Waals surface area (Å²) < 4.78 is 49.6. The monoisotopic (exact) mass is 939 g/mol. The quantitative estimate of drug-likeness (QED) is 0.0618. The normalized spacial score (nSPS) is 7.89. The van der Waals surface area contributed by atoms with Crippen LogP contribution in [0.15, 0.2) is 0 Å². The first kappa shape index (κ1) is 47.6. The topological polar surface area (TPSA) is 287 Å². The summed E-state index contributed by atoms with van der Waals surface area (Å²) in [5.41, 5.74) is 4.57. The van der Waals surface area contributed by atoms with Crippen molar-refractivity contribution in [1.29, 1.82) is 0 Å². The first-order valence-electron chi connectivity index (χ1n) is 6.33. The summed E-state index contributed by atoms with van der Waals surface area (Å²) in [6, 6.07) is 0. The SMILES string of the molecule is [O-]NON(C(=S)[S-])N(ONO)C(=S)[S-].[O-]NON(C(=S)[S-])N(ONO)C(=S)[S-].[O]=[Mo+2]=[O].[O]=[Mo+2]=[O].[O]=[Mo+2]=[O]. The van der Waals surface area contributed by atoms with Crippen molar-refractivity contribution in [1.82, 2.24) is 43.3 Å². The van der Waals surface area contributed by atoms with Crippen LogP contribution in [0.1, 0.15) is 0 Å². The number of hydrazine groups is 2. The van der Waals surface area contributed by atoms with Crippen LogP contribution < -0.4 is 22.6 Å². The Labute approximate surface area is 273 Å². The van der Waals surface area contributed by atoms with Gasteiger partial charge in [0.15, 0.2) is 0 Å². The molecule has 6 N–H and O–H groups in total. The van der Waals surface area contributed by atoms with Crippen LogP contribution in [0.2, 0.25) is 0 Å². The Morgan fingerprint density at radius 2 is 0.730 bits per heavy atom. The number of hydroxylamine groups is 4. The van der Waals surface area contributed by atoms with Gasteiger partial charge in [0.05, 0.1) is 0 Å². The number of rotatable bonds is 8. The van der Waals surface area contributed by atoms with Crippen molar-refractivity contribution < 1.29 is 106 Å². The molecule has 0 aromatic carbocycles. The Morgan fingerprint density at radius 3 is 0.838 bits per heavy atom. The summed E-state index contributed by atoms with van der Waals surface area (Å²) in [4.78, 5) is 16.8. The molecule has 212 valence electrons.